The minimum absolute atomic E-state index is 0.122. The fraction of sp³-hybridized carbons (Fsp3) is 0.643. The summed E-state index contributed by atoms with van der Waals surface area (Å²) in [5, 5.41) is 0. The molecule has 3 atom stereocenters. The molecule has 2 fully saturated rings. The van der Waals surface area contributed by atoms with E-state index < -0.39 is 14.6 Å². The zero-order valence-corrected chi connectivity index (χ0v) is 21.2. The van der Waals surface area contributed by atoms with Gasteiger partial charge in [-0.3, -0.25) is 0 Å². The van der Waals surface area contributed by atoms with Crippen LogP contribution in [-0.2, 0) is 9.84 Å². The Morgan fingerprint density at radius 3 is 2.55 bits per heavy atom. The van der Waals surface area contributed by atoms with Gasteiger partial charge in [-0.1, -0.05) is 67.5 Å². The van der Waals surface area contributed by atoms with Gasteiger partial charge < -0.3 is 0 Å². The molecule has 2 saturated carbocycles. The summed E-state index contributed by atoms with van der Waals surface area (Å²) in [4.78, 5) is 0. The van der Waals surface area contributed by atoms with Crippen molar-refractivity contribution in [3.8, 4) is 0 Å². The molecule has 0 aromatic rings. The lowest BCUT2D eigenvalue weighted by Gasteiger charge is -2.42. The van der Waals surface area contributed by atoms with Crippen LogP contribution < -0.4 is 0 Å². The second-order valence-corrected chi connectivity index (χ2v) is 13.9. The smallest absolute Gasteiger partial charge is 0.158 e. The standard InChI is InChI=1S/C28H42O2S/c1-21-11-7-8-13-23(21)15-16-24-14-9-19-28(6)25(17-18-26(24)28)22(2)12-10-20-31(29,30)27(3,4)5/h10,12,15-17,22,26H,1,7-9,11,13-14,18-20H2,2-6H3/b12-10+,23-15-,24-16+/t22?,26-,28?/m0/s1. The van der Waals surface area contributed by atoms with Crippen LogP contribution >= 0.6 is 0 Å². The van der Waals surface area contributed by atoms with E-state index >= 15 is 0 Å². The lowest BCUT2D eigenvalue weighted by molar-refractivity contribution is 0.223. The third-order valence-corrected chi connectivity index (χ3v) is 10.4. The zero-order chi connectivity index (χ0) is 22.9. The summed E-state index contributed by atoms with van der Waals surface area (Å²) in [5.74, 6) is 0.983. The van der Waals surface area contributed by atoms with Gasteiger partial charge in [-0.2, -0.15) is 0 Å². The molecule has 0 saturated heterocycles. The molecule has 31 heavy (non-hydrogen) atoms. The molecule has 0 bridgehead atoms. The van der Waals surface area contributed by atoms with Crippen molar-refractivity contribution >= 4 is 9.84 Å². The highest BCUT2D eigenvalue weighted by atomic mass is 32.2. The van der Waals surface area contributed by atoms with Crippen molar-refractivity contribution in [2.75, 3.05) is 5.75 Å². The summed E-state index contributed by atoms with van der Waals surface area (Å²) >= 11 is 0. The van der Waals surface area contributed by atoms with Crippen molar-refractivity contribution in [2.45, 2.75) is 90.7 Å². The van der Waals surface area contributed by atoms with Gasteiger partial charge >= 0.3 is 0 Å². The summed E-state index contributed by atoms with van der Waals surface area (Å²) in [7, 11) is -3.12. The first-order chi connectivity index (χ1) is 14.5. The predicted molar refractivity (Wildman–Crippen MR) is 134 cm³/mol. The largest absolute Gasteiger partial charge is 0.228 e. The van der Waals surface area contributed by atoms with E-state index in [1.165, 1.54) is 55.2 Å². The number of allylic oxidation sites excluding steroid dienone is 8. The highest BCUT2D eigenvalue weighted by Crippen LogP contribution is 2.56. The van der Waals surface area contributed by atoms with Crippen LogP contribution in [0.5, 0.6) is 0 Å². The van der Waals surface area contributed by atoms with Crippen molar-refractivity contribution in [1.29, 1.82) is 0 Å². The first kappa shape index (κ1) is 24.3. The van der Waals surface area contributed by atoms with Crippen molar-refractivity contribution in [3.63, 3.8) is 0 Å². The first-order valence-corrected chi connectivity index (χ1v) is 13.8. The van der Waals surface area contributed by atoms with Crippen LogP contribution in [0.2, 0.25) is 0 Å². The summed E-state index contributed by atoms with van der Waals surface area (Å²) in [6.45, 7) is 14.3. The van der Waals surface area contributed by atoms with Gasteiger partial charge in [0.15, 0.2) is 9.84 Å². The van der Waals surface area contributed by atoms with E-state index in [1.54, 1.807) is 26.3 Å². The molecule has 2 nitrogen and oxygen atoms in total. The Bertz CT molecular complexity index is 921. The summed E-state index contributed by atoms with van der Waals surface area (Å²) in [6.07, 6.45) is 20.9. The highest BCUT2D eigenvalue weighted by molar-refractivity contribution is 7.92. The van der Waals surface area contributed by atoms with E-state index in [-0.39, 0.29) is 17.1 Å². The zero-order valence-electron chi connectivity index (χ0n) is 20.3. The maximum Gasteiger partial charge on any atom is 0.158 e. The normalized spacial score (nSPS) is 31.3. The topological polar surface area (TPSA) is 34.1 Å². The minimum Gasteiger partial charge on any atom is -0.228 e. The quantitative estimate of drug-likeness (QED) is 0.413. The van der Waals surface area contributed by atoms with E-state index in [1.807, 2.05) is 6.08 Å². The Morgan fingerprint density at radius 2 is 1.87 bits per heavy atom. The lowest BCUT2D eigenvalue weighted by Crippen LogP contribution is -2.32. The van der Waals surface area contributed by atoms with Gasteiger partial charge in [-0.15, -0.1) is 0 Å². The van der Waals surface area contributed by atoms with E-state index in [4.69, 9.17) is 0 Å². The molecule has 3 aliphatic rings. The van der Waals surface area contributed by atoms with Gasteiger partial charge in [0.25, 0.3) is 0 Å². The first-order valence-electron chi connectivity index (χ1n) is 12.1. The average Bonchev–Trinajstić information content (AvgIpc) is 3.04. The van der Waals surface area contributed by atoms with Crippen LogP contribution in [0.25, 0.3) is 0 Å². The third kappa shape index (κ3) is 5.18. The number of rotatable bonds is 5. The molecule has 3 heteroatoms. The summed E-state index contributed by atoms with van der Waals surface area (Å²) in [6, 6.07) is 0. The predicted octanol–water partition coefficient (Wildman–Crippen LogP) is 7.51. The molecule has 0 N–H and O–H groups in total. The molecule has 3 rings (SSSR count). The van der Waals surface area contributed by atoms with Crippen LogP contribution in [0.1, 0.15) is 86.0 Å². The fourth-order valence-corrected chi connectivity index (χ4v) is 6.56. The van der Waals surface area contributed by atoms with Gasteiger partial charge in [0, 0.05) is 0 Å². The molecule has 2 unspecified atom stereocenters. The van der Waals surface area contributed by atoms with Gasteiger partial charge in [-0.05, 0) is 95.0 Å². The molecule has 0 amide bonds. The molecule has 0 aliphatic heterocycles. The van der Waals surface area contributed by atoms with Gasteiger partial charge in [-0.25, -0.2) is 8.42 Å². The second-order valence-electron chi connectivity index (χ2n) is 11.1. The van der Waals surface area contributed by atoms with Crippen molar-refractivity contribution in [1.82, 2.24) is 0 Å². The number of hydrogen-bond donors (Lipinski definition) is 0. The van der Waals surface area contributed by atoms with Crippen molar-refractivity contribution in [3.05, 3.63) is 59.3 Å². The van der Waals surface area contributed by atoms with E-state index in [9.17, 15) is 8.42 Å². The molecular weight excluding hydrogens is 400 g/mol. The van der Waals surface area contributed by atoms with Crippen LogP contribution in [-0.4, -0.2) is 18.9 Å². The molecule has 0 aromatic heterocycles. The van der Waals surface area contributed by atoms with Crippen molar-refractivity contribution in [2.24, 2.45) is 17.3 Å². The summed E-state index contributed by atoms with van der Waals surface area (Å²) < 4.78 is 24.2. The Balaban J connectivity index is 1.73. The fourth-order valence-electron chi connectivity index (χ4n) is 5.70. The Kier molecular flexibility index (Phi) is 7.25. The Morgan fingerprint density at radius 1 is 1.16 bits per heavy atom. The van der Waals surface area contributed by atoms with Crippen LogP contribution in [0.15, 0.2) is 59.3 Å². The number of fused-ring (bicyclic) bond motifs is 1. The summed E-state index contributed by atoms with van der Waals surface area (Å²) in [5.41, 5.74) is 6.07. The monoisotopic (exact) mass is 442 g/mol. The Hall–Kier alpha value is -1.35. The molecule has 0 heterocycles. The SMILES string of the molecule is C=C1CCCC/C1=C/C=C1\CCCC2(C)C(C(C)/C=C/CS(=O)(=O)C(C)(C)C)=CC[C@@H]12. The molecule has 0 spiro atoms. The van der Waals surface area contributed by atoms with Gasteiger partial charge in [0.1, 0.15) is 0 Å². The van der Waals surface area contributed by atoms with Crippen LogP contribution in [0.3, 0.4) is 0 Å². The van der Waals surface area contributed by atoms with Gasteiger partial charge in [0.05, 0.1) is 10.5 Å². The second kappa shape index (κ2) is 9.25. The van der Waals surface area contributed by atoms with Gasteiger partial charge in [0.2, 0.25) is 0 Å². The number of hydrogen-bond acceptors (Lipinski definition) is 2. The lowest BCUT2D eigenvalue weighted by atomic mass is 9.62. The average molecular weight is 443 g/mol. The van der Waals surface area contributed by atoms with E-state index in [2.05, 4.69) is 44.7 Å². The Labute approximate surface area is 191 Å². The number of sulfone groups is 1. The van der Waals surface area contributed by atoms with Crippen molar-refractivity contribution < 1.29 is 8.42 Å². The molecule has 0 radical (unpaired) electrons. The molecule has 172 valence electrons. The van der Waals surface area contributed by atoms with E-state index in [0.29, 0.717) is 5.92 Å². The molecule has 0 aromatic carbocycles. The van der Waals surface area contributed by atoms with Crippen LogP contribution in [0.4, 0.5) is 0 Å². The maximum atomic E-state index is 12.4. The van der Waals surface area contributed by atoms with Crippen LogP contribution in [0, 0.1) is 17.3 Å². The minimum atomic E-state index is -3.12. The molecular formula is C28H42O2S. The third-order valence-electron chi connectivity index (χ3n) is 7.90. The van der Waals surface area contributed by atoms with E-state index in [0.717, 1.165) is 12.8 Å². The molecule has 3 aliphatic carbocycles. The highest BCUT2D eigenvalue weighted by Gasteiger charge is 2.45. The maximum absolute atomic E-state index is 12.4.